The summed E-state index contributed by atoms with van der Waals surface area (Å²) in [5.74, 6) is -1.27. The molecule has 248 valence electrons. The van der Waals surface area contributed by atoms with Crippen LogP contribution in [0.3, 0.4) is 0 Å². The number of carbonyl (C=O) groups is 5. The highest BCUT2D eigenvalue weighted by atomic mass is 16.6. The van der Waals surface area contributed by atoms with Gasteiger partial charge in [-0.05, 0) is 51.3 Å². The highest BCUT2D eigenvalue weighted by Crippen LogP contribution is 2.12. The number of carboxylic acid groups (broad SMARTS) is 1. The summed E-state index contributed by atoms with van der Waals surface area (Å²) >= 11 is 0. The van der Waals surface area contributed by atoms with Crippen molar-refractivity contribution in [2.75, 3.05) is 51.8 Å². The molecule has 1 rings (SSSR count). The lowest BCUT2D eigenvalue weighted by Crippen LogP contribution is -2.54. The van der Waals surface area contributed by atoms with Gasteiger partial charge in [0.25, 0.3) is 0 Å². The normalized spacial score (nSPS) is 12.5. The Bertz CT molecular complexity index is 1090. The van der Waals surface area contributed by atoms with Gasteiger partial charge in [-0.1, -0.05) is 26.0 Å². The van der Waals surface area contributed by atoms with Crippen LogP contribution in [0.25, 0.3) is 0 Å². The lowest BCUT2D eigenvalue weighted by molar-refractivity contribution is -0.128. The lowest BCUT2D eigenvalue weighted by Gasteiger charge is -2.26. The van der Waals surface area contributed by atoms with Crippen molar-refractivity contribution >= 4 is 35.8 Å². The zero-order valence-electron chi connectivity index (χ0n) is 26.5. The Morgan fingerprint density at radius 2 is 1.55 bits per heavy atom. The SMILES string of the molecule is CC(C)[C@H](NC(=O)OC(C)(C)C)C(=O)N[C@@H](C)C(=O)Nc1ccc(COC(=O)N(C)CCN(CCOCCO)C(=O)O)cc1. The van der Waals surface area contributed by atoms with Crippen molar-refractivity contribution in [3.05, 3.63) is 29.8 Å². The molecule has 2 atom stereocenters. The molecule has 0 saturated heterocycles. The number of hydrogen-bond donors (Lipinski definition) is 5. The Hall–Kier alpha value is -4.11. The summed E-state index contributed by atoms with van der Waals surface area (Å²) in [7, 11) is 1.49. The van der Waals surface area contributed by atoms with Crippen molar-refractivity contribution in [3.63, 3.8) is 0 Å². The van der Waals surface area contributed by atoms with E-state index < -0.39 is 47.8 Å². The van der Waals surface area contributed by atoms with Gasteiger partial charge in [0.1, 0.15) is 24.3 Å². The summed E-state index contributed by atoms with van der Waals surface area (Å²) in [6, 6.07) is 4.72. The Kier molecular flexibility index (Phi) is 16.0. The minimum atomic E-state index is -1.15. The van der Waals surface area contributed by atoms with Crippen LogP contribution in [0.1, 0.15) is 47.1 Å². The molecule has 1 aromatic rings. The Morgan fingerprint density at radius 3 is 2.09 bits per heavy atom. The first kappa shape index (κ1) is 37.9. The molecule has 5 amide bonds. The maximum Gasteiger partial charge on any atom is 0.409 e. The quantitative estimate of drug-likeness (QED) is 0.170. The summed E-state index contributed by atoms with van der Waals surface area (Å²) < 4.78 is 15.6. The van der Waals surface area contributed by atoms with E-state index >= 15 is 0 Å². The summed E-state index contributed by atoms with van der Waals surface area (Å²) in [6.07, 6.45) is -2.53. The van der Waals surface area contributed by atoms with E-state index in [1.807, 2.05) is 0 Å². The van der Waals surface area contributed by atoms with Crippen molar-refractivity contribution < 1.29 is 48.4 Å². The van der Waals surface area contributed by atoms with Crippen molar-refractivity contribution in [2.45, 2.75) is 65.8 Å². The molecule has 0 heterocycles. The number of anilines is 1. The van der Waals surface area contributed by atoms with Crippen molar-refractivity contribution in [3.8, 4) is 0 Å². The van der Waals surface area contributed by atoms with E-state index in [1.54, 1.807) is 58.9 Å². The van der Waals surface area contributed by atoms with Crippen LogP contribution >= 0.6 is 0 Å². The number of aliphatic hydroxyl groups is 1. The molecular weight excluding hydrogens is 578 g/mol. The van der Waals surface area contributed by atoms with Crippen LogP contribution in [0.15, 0.2) is 24.3 Å². The predicted octanol–water partition coefficient (Wildman–Crippen LogP) is 2.24. The minimum Gasteiger partial charge on any atom is -0.465 e. The number of likely N-dealkylation sites (N-methyl/N-ethyl adjacent to an activating group) is 1. The first-order valence-electron chi connectivity index (χ1n) is 14.3. The van der Waals surface area contributed by atoms with Gasteiger partial charge in [-0.25, -0.2) is 14.4 Å². The third kappa shape index (κ3) is 14.9. The number of nitrogens with one attached hydrogen (secondary N) is 3. The molecule has 0 aromatic heterocycles. The average molecular weight is 626 g/mol. The number of nitrogens with zero attached hydrogens (tertiary/aromatic N) is 2. The Balaban J connectivity index is 2.56. The molecule has 0 unspecified atom stereocenters. The van der Waals surface area contributed by atoms with Crippen LogP contribution in [0, 0.1) is 5.92 Å². The number of ether oxygens (including phenoxy) is 3. The maximum absolute atomic E-state index is 12.8. The molecule has 0 fully saturated rings. The largest absolute Gasteiger partial charge is 0.465 e. The van der Waals surface area contributed by atoms with E-state index in [9.17, 15) is 29.1 Å². The van der Waals surface area contributed by atoms with Crippen molar-refractivity contribution in [1.29, 1.82) is 0 Å². The molecule has 0 aliphatic heterocycles. The van der Waals surface area contributed by atoms with Crippen LogP contribution in [0.2, 0.25) is 0 Å². The fourth-order valence-corrected chi connectivity index (χ4v) is 3.53. The molecule has 0 bridgehead atoms. The molecule has 0 aliphatic rings. The van der Waals surface area contributed by atoms with E-state index in [4.69, 9.17) is 19.3 Å². The molecule has 0 aliphatic carbocycles. The van der Waals surface area contributed by atoms with Gasteiger partial charge in [0, 0.05) is 32.4 Å². The van der Waals surface area contributed by atoms with Crippen LogP contribution < -0.4 is 16.0 Å². The van der Waals surface area contributed by atoms with Crippen LogP contribution in [0.5, 0.6) is 0 Å². The predicted molar refractivity (Wildman–Crippen MR) is 161 cm³/mol. The number of aliphatic hydroxyl groups excluding tert-OH is 1. The second kappa shape index (κ2) is 18.5. The van der Waals surface area contributed by atoms with Gasteiger partial charge in [-0.15, -0.1) is 0 Å². The second-order valence-electron chi connectivity index (χ2n) is 11.4. The van der Waals surface area contributed by atoms with Crippen LogP contribution in [-0.2, 0) is 30.4 Å². The van der Waals surface area contributed by atoms with Gasteiger partial charge in [0.05, 0.1) is 19.8 Å². The van der Waals surface area contributed by atoms with E-state index in [-0.39, 0.29) is 52.0 Å². The third-order valence-corrected chi connectivity index (χ3v) is 5.99. The zero-order chi connectivity index (χ0) is 33.4. The average Bonchev–Trinajstić information content (AvgIpc) is 2.93. The second-order valence-corrected chi connectivity index (χ2v) is 11.4. The topological polar surface area (TPSA) is 196 Å². The smallest absolute Gasteiger partial charge is 0.409 e. The van der Waals surface area contributed by atoms with Gasteiger partial charge in [0.15, 0.2) is 0 Å². The first-order chi connectivity index (χ1) is 20.5. The van der Waals surface area contributed by atoms with Crippen molar-refractivity contribution in [1.82, 2.24) is 20.4 Å². The van der Waals surface area contributed by atoms with Crippen LogP contribution in [-0.4, -0.2) is 114 Å². The van der Waals surface area contributed by atoms with Gasteiger partial charge >= 0.3 is 18.3 Å². The first-order valence-corrected chi connectivity index (χ1v) is 14.3. The highest BCUT2D eigenvalue weighted by Gasteiger charge is 2.29. The molecule has 1 aromatic carbocycles. The summed E-state index contributed by atoms with van der Waals surface area (Å²) in [5, 5.41) is 25.9. The number of alkyl carbamates (subject to hydrolysis) is 1. The molecule has 0 radical (unpaired) electrons. The monoisotopic (exact) mass is 625 g/mol. The Labute approximate surface area is 258 Å². The molecule has 15 heteroatoms. The molecular formula is C29H47N5O10. The van der Waals surface area contributed by atoms with Crippen LogP contribution in [0.4, 0.5) is 20.1 Å². The molecule has 0 saturated carbocycles. The highest BCUT2D eigenvalue weighted by molar-refractivity contribution is 5.98. The minimum absolute atomic E-state index is 0.0507. The van der Waals surface area contributed by atoms with Gasteiger partial charge in [-0.3, -0.25) is 9.59 Å². The zero-order valence-corrected chi connectivity index (χ0v) is 26.5. The lowest BCUT2D eigenvalue weighted by atomic mass is 10.0. The molecule has 0 spiro atoms. The standard InChI is InChI=1S/C29H47N5O10/c1-19(2)23(32-26(38)44-29(4,5)6)25(37)30-20(3)24(36)31-22-10-8-21(9-11-22)18-43-28(41)33(7)12-13-34(27(39)40)14-16-42-17-15-35/h8-11,19-20,23,35H,12-18H2,1-7H3,(H,30,37)(H,31,36)(H,32,38)(H,39,40)/t20-,23-/m0/s1. The van der Waals surface area contributed by atoms with E-state index in [0.29, 0.717) is 11.3 Å². The van der Waals surface area contributed by atoms with E-state index in [2.05, 4.69) is 16.0 Å². The number of benzene rings is 1. The van der Waals surface area contributed by atoms with Gasteiger partial charge in [0.2, 0.25) is 11.8 Å². The number of hydrogen-bond acceptors (Lipinski definition) is 9. The molecule has 5 N–H and O–H groups in total. The third-order valence-electron chi connectivity index (χ3n) is 5.99. The fourth-order valence-electron chi connectivity index (χ4n) is 3.53. The van der Waals surface area contributed by atoms with E-state index in [0.717, 1.165) is 4.90 Å². The van der Waals surface area contributed by atoms with E-state index in [1.165, 1.54) is 18.9 Å². The maximum atomic E-state index is 12.8. The van der Waals surface area contributed by atoms with Crippen molar-refractivity contribution in [2.24, 2.45) is 5.92 Å². The molecule has 15 nitrogen and oxygen atoms in total. The summed E-state index contributed by atoms with van der Waals surface area (Å²) in [4.78, 5) is 63.7. The number of amides is 5. The summed E-state index contributed by atoms with van der Waals surface area (Å²) in [5.41, 5.74) is 0.367. The molecule has 44 heavy (non-hydrogen) atoms. The fraction of sp³-hybridized carbons (Fsp3) is 0.621. The summed E-state index contributed by atoms with van der Waals surface area (Å²) in [6.45, 7) is 10.4. The van der Waals surface area contributed by atoms with Gasteiger partial charge < -0.3 is 50.2 Å². The number of carbonyl (C=O) groups excluding carboxylic acids is 4. The number of rotatable bonds is 16. The van der Waals surface area contributed by atoms with Gasteiger partial charge in [-0.2, -0.15) is 0 Å². The Morgan fingerprint density at radius 1 is 0.909 bits per heavy atom.